The molecule has 8 heteroatoms. The van der Waals surface area contributed by atoms with E-state index < -0.39 is 11.6 Å². The highest BCUT2D eigenvalue weighted by atomic mass is 16.6. The number of para-hydroxylation sites is 1. The van der Waals surface area contributed by atoms with E-state index in [-0.39, 0.29) is 18.7 Å². The molecule has 2 aromatic carbocycles. The summed E-state index contributed by atoms with van der Waals surface area (Å²) in [6.07, 6.45) is 1.22. The van der Waals surface area contributed by atoms with E-state index >= 15 is 0 Å². The third kappa shape index (κ3) is 6.24. The Morgan fingerprint density at radius 3 is 2.39 bits per heavy atom. The third-order valence-electron chi connectivity index (χ3n) is 5.74. The zero-order valence-corrected chi connectivity index (χ0v) is 21.3. The van der Waals surface area contributed by atoms with Gasteiger partial charge < -0.3 is 19.1 Å². The topological polar surface area (TPSA) is 82.9 Å². The molecule has 4 rings (SSSR count). The second-order valence-corrected chi connectivity index (χ2v) is 9.74. The van der Waals surface area contributed by atoms with E-state index in [4.69, 9.17) is 19.3 Å². The van der Waals surface area contributed by atoms with Crippen LogP contribution >= 0.6 is 0 Å². The smallest absolute Gasteiger partial charge is 0.410 e. The van der Waals surface area contributed by atoms with Crippen molar-refractivity contribution < 1.29 is 23.8 Å². The molecule has 8 nitrogen and oxygen atoms in total. The molecule has 36 heavy (non-hydrogen) atoms. The first kappa shape index (κ1) is 25.3. The van der Waals surface area contributed by atoms with Gasteiger partial charge in [0.05, 0.1) is 18.3 Å². The number of hydrogen-bond acceptors (Lipinski definition) is 6. The highest BCUT2D eigenvalue weighted by Crippen LogP contribution is 2.29. The molecule has 1 amide bonds. The van der Waals surface area contributed by atoms with Crippen LogP contribution in [-0.2, 0) is 9.47 Å². The maximum Gasteiger partial charge on any atom is 0.410 e. The normalized spacial score (nSPS) is 15.9. The van der Waals surface area contributed by atoms with Crippen LogP contribution in [0.1, 0.15) is 57.1 Å². The zero-order chi connectivity index (χ0) is 25.7. The van der Waals surface area contributed by atoms with Crippen molar-refractivity contribution >= 4 is 12.1 Å². The van der Waals surface area contributed by atoms with E-state index in [0.717, 1.165) is 24.2 Å². The number of hydrogen-bond donors (Lipinski definition) is 0. The van der Waals surface area contributed by atoms with E-state index in [1.165, 1.54) is 0 Å². The first-order chi connectivity index (χ1) is 17.2. The Morgan fingerprint density at radius 2 is 1.72 bits per heavy atom. The van der Waals surface area contributed by atoms with E-state index in [0.29, 0.717) is 30.2 Å². The van der Waals surface area contributed by atoms with Crippen LogP contribution in [0.2, 0.25) is 0 Å². The second kappa shape index (κ2) is 10.8. The van der Waals surface area contributed by atoms with Crippen LogP contribution in [-0.4, -0.2) is 52.0 Å². The number of aromatic nitrogens is 2. The van der Waals surface area contributed by atoms with E-state index in [2.05, 4.69) is 0 Å². The average molecular weight is 492 g/mol. The van der Waals surface area contributed by atoms with Crippen molar-refractivity contribution in [3.8, 4) is 22.8 Å². The number of piperidine rings is 1. The van der Waals surface area contributed by atoms with Crippen LogP contribution in [0.25, 0.3) is 11.3 Å². The van der Waals surface area contributed by atoms with Crippen LogP contribution < -0.4 is 4.74 Å². The quantitative estimate of drug-likeness (QED) is 0.388. The minimum atomic E-state index is -0.574. The first-order valence-electron chi connectivity index (χ1n) is 12.3. The summed E-state index contributed by atoms with van der Waals surface area (Å²) in [7, 11) is 0. The summed E-state index contributed by atoms with van der Waals surface area (Å²) in [4.78, 5) is 27.2. The highest BCUT2D eigenvalue weighted by Gasteiger charge is 2.31. The molecular formula is C28H33N3O5. The molecule has 1 aliphatic heterocycles. The number of likely N-dealkylation sites (tertiary alicyclic amines) is 1. The van der Waals surface area contributed by atoms with Crippen LogP contribution in [0.15, 0.2) is 60.7 Å². The average Bonchev–Trinajstić information content (AvgIpc) is 3.30. The summed E-state index contributed by atoms with van der Waals surface area (Å²) in [5.41, 5.74) is 1.29. The summed E-state index contributed by atoms with van der Waals surface area (Å²) in [5.74, 6) is 1.02. The molecule has 1 fully saturated rings. The summed E-state index contributed by atoms with van der Waals surface area (Å²) in [6, 6.07) is 18.7. The molecule has 1 aromatic heterocycles. The van der Waals surface area contributed by atoms with E-state index in [1.54, 1.807) is 22.6 Å². The molecule has 190 valence electrons. The molecule has 0 radical (unpaired) electrons. The Morgan fingerprint density at radius 1 is 1.03 bits per heavy atom. The Labute approximate surface area is 211 Å². The van der Waals surface area contributed by atoms with Crippen molar-refractivity contribution in [2.45, 2.75) is 52.2 Å². The van der Waals surface area contributed by atoms with Crippen molar-refractivity contribution in [1.29, 1.82) is 0 Å². The number of carbonyl (C=O) groups is 2. The van der Waals surface area contributed by atoms with Crippen molar-refractivity contribution in [3.63, 3.8) is 0 Å². The Kier molecular flexibility index (Phi) is 7.62. The fourth-order valence-electron chi connectivity index (χ4n) is 4.14. The highest BCUT2D eigenvalue weighted by molar-refractivity contribution is 5.89. The first-order valence-corrected chi connectivity index (χ1v) is 12.3. The molecule has 1 aliphatic rings. The molecule has 0 spiro atoms. The van der Waals surface area contributed by atoms with Gasteiger partial charge in [0.2, 0.25) is 0 Å². The predicted octanol–water partition coefficient (Wildman–Crippen LogP) is 6.09. The fourth-order valence-corrected chi connectivity index (χ4v) is 4.14. The van der Waals surface area contributed by atoms with Crippen molar-refractivity contribution in [1.82, 2.24) is 14.7 Å². The van der Waals surface area contributed by atoms with Gasteiger partial charge in [-0.25, -0.2) is 9.59 Å². The lowest BCUT2D eigenvalue weighted by Gasteiger charge is -2.34. The van der Waals surface area contributed by atoms with Crippen LogP contribution in [0.3, 0.4) is 0 Å². The summed E-state index contributed by atoms with van der Waals surface area (Å²) in [5, 5.41) is 4.79. The number of rotatable bonds is 6. The Hall–Kier alpha value is -3.81. The molecule has 1 unspecified atom stereocenters. The predicted molar refractivity (Wildman–Crippen MR) is 136 cm³/mol. The molecular weight excluding hydrogens is 458 g/mol. The van der Waals surface area contributed by atoms with Crippen molar-refractivity contribution in [3.05, 3.63) is 66.4 Å². The van der Waals surface area contributed by atoms with Crippen molar-refractivity contribution in [2.24, 2.45) is 0 Å². The molecule has 0 aliphatic carbocycles. The van der Waals surface area contributed by atoms with E-state index in [1.807, 2.05) is 75.4 Å². The van der Waals surface area contributed by atoms with Gasteiger partial charge in [0.1, 0.15) is 22.8 Å². The van der Waals surface area contributed by atoms with Gasteiger partial charge in [0.25, 0.3) is 0 Å². The number of benzene rings is 2. The molecule has 0 bridgehead atoms. The van der Waals surface area contributed by atoms with Gasteiger partial charge in [-0.05, 0) is 83.0 Å². The number of nitrogens with zero attached hydrogens (tertiary/aromatic N) is 3. The summed E-state index contributed by atoms with van der Waals surface area (Å²) >= 11 is 0. The standard InChI is InChI=1S/C28H33N3O5/c1-5-34-26(32)25-18-24(20-13-15-23(16-14-20)35-22-11-7-6-8-12-22)29-31(25)21-10-9-17-30(19-21)27(33)36-28(2,3)4/h6-8,11-16,18,21H,5,9-10,17,19H2,1-4H3. The largest absolute Gasteiger partial charge is 0.461 e. The molecule has 2 heterocycles. The Bertz CT molecular complexity index is 1180. The number of carbonyl (C=O) groups excluding carboxylic acids is 2. The molecule has 1 atom stereocenters. The number of ether oxygens (including phenoxy) is 3. The molecule has 1 saturated heterocycles. The lowest BCUT2D eigenvalue weighted by atomic mass is 10.1. The number of esters is 1. The van der Waals surface area contributed by atoms with Crippen LogP contribution in [0.5, 0.6) is 11.5 Å². The minimum Gasteiger partial charge on any atom is -0.461 e. The van der Waals surface area contributed by atoms with Gasteiger partial charge in [-0.1, -0.05) is 18.2 Å². The van der Waals surface area contributed by atoms with Gasteiger partial charge in [-0.2, -0.15) is 5.10 Å². The summed E-state index contributed by atoms with van der Waals surface area (Å²) < 4.78 is 18.5. The van der Waals surface area contributed by atoms with Crippen LogP contribution in [0, 0.1) is 0 Å². The van der Waals surface area contributed by atoms with Gasteiger partial charge in [0, 0.05) is 18.7 Å². The maximum atomic E-state index is 12.8. The van der Waals surface area contributed by atoms with E-state index in [9.17, 15) is 9.59 Å². The van der Waals surface area contributed by atoms with Gasteiger partial charge in [-0.3, -0.25) is 4.68 Å². The lowest BCUT2D eigenvalue weighted by molar-refractivity contribution is 0.0165. The minimum absolute atomic E-state index is 0.167. The third-order valence-corrected chi connectivity index (χ3v) is 5.74. The van der Waals surface area contributed by atoms with Crippen LogP contribution in [0.4, 0.5) is 4.79 Å². The fraction of sp³-hybridized carbons (Fsp3) is 0.393. The second-order valence-electron chi connectivity index (χ2n) is 9.74. The van der Waals surface area contributed by atoms with Gasteiger partial charge in [0.15, 0.2) is 0 Å². The lowest BCUT2D eigenvalue weighted by Crippen LogP contribution is -2.44. The monoisotopic (exact) mass is 491 g/mol. The molecule has 3 aromatic rings. The molecule has 0 N–H and O–H groups in total. The zero-order valence-electron chi connectivity index (χ0n) is 21.3. The Balaban J connectivity index is 1.57. The maximum absolute atomic E-state index is 12.8. The summed E-state index contributed by atoms with van der Waals surface area (Å²) in [6.45, 7) is 8.60. The SMILES string of the molecule is CCOC(=O)c1cc(-c2ccc(Oc3ccccc3)cc2)nn1C1CCCN(C(=O)OC(C)(C)C)C1. The number of amides is 1. The van der Waals surface area contributed by atoms with Gasteiger partial charge >= 0.3 is 12.1 Å². The molecule has 0 saturated carbocycles. The van der Waals surface area contributed by atoms with Gasteiger partial charge in [-0.15, -0.1) is 0 Å². The van der Waals surface area contributed by atoms with Crippen molar-refractivity contribution in [2.75, 3.05) is 19.7 Å².